The van der Waals surface area contributed by atoms with Gasteiger partial charge in [0.15, 0.2) is 0 Å². The van der Waals surface area contributed by atoms with Crippen molar-refractivity contribution in [3.05, 3.63) is 46.1 Å². The van der Waals surface area contributed by atoms with Crippen molar-refractivity contribution in [1.82, 2.24) is 0 Å². The van der Waals surface area contributed by atoms with E-state index in [0.717, 1.165) is 44.1 Å². The highest BCUT2D eigenvalue weighted by molar-refractivity contribution is 5.30. The zero-order chi connectivity index (χ0) is 15.9. The Morgan fingerprint density at radius 3 is 2.27 bits per heavy atom. The van der Waals surface area contributed by atoms with E-state index in [2.05, 4.69) is 39.0 Å². The Morgan fingerprint density at radius 1 is 0.955 bits per heavy atom. The van der Waals surface area contributed by atoms with Gasteiger partial charge in [0.05, 0.1) is 19.3 Å². The predicted octanol–water partition coefficient (Wildman–Crippen LogP) is 4.87. The lowest BCUT2D eigenvalue weighted by Gasteiger charge is -2.14. The summed E-state index contributed by atoms with van der Waals surface area (Å²) in [5.41, 5.74) is 6.72. The molecule has 0 radical (unpaired) electrons. The van der Waals surface area contributed by atoms with Gasteiger partial charge in [0, 0.05) is 0 Å². The van der Waals surface area contributed by atoms with Gasteiger partial charge >= 0.3 is 0 Å². The molecule has 122 valence electrons. The largest absolute Gasteiger partial charge is 0.392 e. The van der Waals surface area contributed by atoms with Gasteiger partial charge in [0.2, 0.25) is 0 Å². The summed E-state index contributed by atoms with van der Waals surface area (Å²) in [6.45, 7) is 7.36. The van der Waals surface area contributed by atoms with Gasteiger partial charge in [-0.2, -0.15) is 0 Å². The monoisotopic (exact) mass is 302 g/mol. The van der Waals surface area contributed by atoms with Crippen LogP contribution in [0.15, 0.2) is 46.1 Å². The summed E-state index contributed by atoms with van der Waals surface area (Å²) < 4.78 is 5.90. The zero-order valence-corrected chi connectivity index (χ0v) is 14.3. The topological polar surface area (TPSA) is 29.5 Å². The van der Waals surface area contributed by atoms with E-state index < -0.39 is 0 Å². The average molecular weight is 302 g/mol. The summed E-state index contributed by atoms with van der Waals surface area (Å²) >= 11 is 0. The molecule has 0 amide bonds. The number of hydrogen-bond donors (Lipinski definition) is 1. The molecule has 1 aliphatic carbocycles. The highest BCUT2D eigenvalue weighted by atomic mass is 16.5. The molecule has 0 fully saturated rings. The Labute approximate surface area is 135 Å². The van der Waals surface area contributed by atoms with E-state index in [1.165, 1.54) is 22.3 Å². The molecule has 22 heavy (non-hydrogen) atoms. The summed E-state index contributed by atoms with van der Waals surface area (Å²) in [5, 5.41) is 9.56. The van der Waals surface area contributed by atoms with E-state index >= 15 is 0 Å². The molecule has 0 aromatic carbocycles. The molecule has 2 rings (SSSR count). The van der Waals surface area contributed by atoms with Crippen molar-refractivity contribution in [3.8, 4) is 0 Å². The van der Waals surface area contributed by atoms with Crippen molar-refractivity contribution in [2.45, 2.75) is 65.4 Å². The van der Waals surface area contributed by atoms with Crippen LogP contribution in [0.5, 0.6) is 0 Å². The molecule has 0 saturated carbocycles. The molecule has 0 saturated heterocycles. The maximum absolute atomic E-state index is 9.56. The zero-order valence-electron chi connectivity index (χ0n) is 14.3. The quantitative estimate of drug-likeness (QED) is 0.700. The number of ether oxygens (including phenoxy) is 1. The standard InChI is InChI=1S/C20H30O2/c1-15-6-4-8-16(2)10-11-19-18(13-21)14-22-20(19)12-17(3)9-5-7-15/h7-8,12,20-21H,4-6,9-11,13-14H2,1-3H3/b15-7-,16-8+,17-12+/t20-/m0/s1. The van der Waals surface area contributed by atoms with Gasteiger partial charge in [0.25, 0.3) is 0 Å². The van der Waals surface area contributed by atoms with Crippen molar-refractivity contribution in [3.63, 3.8) is 0 Å². The van der Waals surface area contributed by atoms with Gasteiger partial charge in [-0.1, -0.05) is 34.9 Å². The highest BCUT2D eigenvalue weighted by Gasteiger charge is 2.23. The highest BCUT2D eigenvalue weighted by Crippen LogP contribution is 2.29. The third-order valence-electron chi connectivity index (χ3n) is 4.71. The Bertz CT molecular complexity index is 506. The van der Waals surface area contributed by atoms with Gasteiger partial charge in [-0.05, 0) is 70.4 Å². The first kappa shape index (κ1) is 17.2. The lowest BCUT2D eigenvalue weighted by molar-refractivity contribution is 0.146. The molecular formula is C20H30O2. The molecule has 2 nitrogen and oxygen atoms in total. The Morgan fingerprint density at radius 2 is 1.59 bits per heavy atom. The summed E-state index contributed by atoms with van der Waals surface area (Å²) in [6, 6.07) is 0. The molecule has 1 atom stereocenters. The second-order valence-electron chi connectivity index (χ2n) is 6.71. The molecule has 0 aromatic rings. The molecule has 2 aliphatic rings. The van der Waals surface area contributed by atoms with E-state index in [0.29, 0.717) is 6.61 Å². The van der Waals surface area contributed by atoms with Gasteiger partial charge in [-0.3, -0.25) is 0 Å². The first-order valence-corrected chi connectivity index (χ1v) is 8.52. The van der Waals surface area contributed by atoms with Crippen LogP contribution in [-0.2, 0) is 4.74 Å². The lowest BCUT2D eigenvalue weighted by atomic mass is 9.95. The van der Waals surface area contributed by atoms with Crippen LogP contribution in [0.1, 0.15) is 59.3 Å². The lowest BCUT2D eigenvalue weighted by Crippen LogP contribution is -2.08. The molecule has 0 unspecified atom stereocenters. The summed E-state index contributed by atoms with van der Waals surface area (Å²) in [5.74, 6) is 0. The average Bonchev–Trinajstić information content (AvgIpc) is 2.86. The number of allylic oxidation sites excluding steroid dienone is 5. The van der Waals surface area contributed by atoms with Gasteiger partial charge in [0.1, 0.15) is 0 Å². The molecule has 1 heterocycles. The maximum atomic E-state index is 9.56. The van der Waals surface area contributed by atoms with E-state index in [1.54, 1.807) is 0 Å². The predicted molar refractivity (Wildman–Crippen MR) is 92.8 cm³/mol. The third kappa shape index (κ3) is 4.96. The summed E-state index contributed by atoms with van der Waals surface area (Å²) in [7, 11) is 0. The first-order valence-electron chi connectivity index (χ1n) is 8.52. The van der Waals surface area contributed by atoms with Crippen molar-refractivity contribution < 1.29 is 9.84 Å². The molecule has 0 spiro atoms. The number of aliphatic hydroxyl groups excluding tert-OH is 1. The minimum absolute atomic E-state index is 0.0722. The van der Waals surface area contributed by atoms with Crippen LogP contribution >= 0.6 is 0 Å². The molecule has 1 N–H and O–H groups in total. The Balaban J connectivity index is 2.20. The fraction of sp³-hybridized carbons (Fsp3) is 0.600. The van der Waals surface area contributed by atoms with E-state index in [4.69, 9.17) is 4.74 Å². The van der Waals surface area contributed by atoms with Crippen LogP contribution in [-0.4, -0.2) is 24.4 Å². The second kappa shape index (κ2) is 8.50. The van der Waals surface area contributed by atoms with Crippen molar-refractivity contribution in [1.29, 1.82) is 0 Å². The van der Waals surface area contributed by atoms with Gasteiger partial charge in [-0.15, -0.1) is 0 Å². The number of rotatable bonds is 1. The molecule has 0 bridgehead atoms. The van der Waals surface area contributed by atoms with Crippen LogP contribution in [0.25, 0.3) is 0 Å². The molecule has 2 heteroatoms. The van der Waals surface area contributed by atoms with Crippen molar-refractivity contribution >= 4 is 0 Å². The second-order valence-corrected chi connectivity index (χ2v) is 6.71. The smallest absolute Gasteiger partial charge is 0.0978 e. The minimum Gasteiger partial charge on any atom is -0.392 e. The van der Waals surface area contributed by atoms with Crippen molar-refractivity contribution in [2.75, 3.05) is 13.2 Å². The van der Waals surface area contributed by atoms with E-state index in [9.17, 15) is 5.11 Å². The molecule has 0 aromatic heterocycles. The van der Waals surface area contributed by atoms with E-state index in [1.807, 2.05) is 0 Å². The Kier molecular flexibility index (Phi) is 6.66. The van der Waals surface area contributed by atoms with Crippen LogP contribution in [0.2, 0.25) is 0 Å². The fourth-order valence-electron chi connectivity index (χ4n) is 3.17. The van der Waals surface area contributed by atoms with Crippen LogP contribution < -0.4 is 0 Å². The summed E-state index contributed by atoms with van der Waals surface area (Å²) in [4.78, 5) is 0. The van der Waals surface area contributed by atoms with Crippen LogP contribution in [0.3, 0.4) is 0 Å². The fourth-order valence-corrected chi connectivity index (χ4v) is 3.17. The molecule has 1 aliphatic heterocycles. The van der Waals surface area contributed by atoms with Gasteiger partial charge in [-0.25, -0.2) is 0 Å². The SMILES string of the molecule is C/C1=C/CC/C(C)=C/[C@@H]2OCC(CO)=C2CC/C(C)=C/CC1. The first-order chi connectivity index (χ1) is 10.6. The number of fused-ring (bicyclic) bond motifs is 1. The Hall–Kier alpha value is -1.12. The molecular weight excluding hydrogens is 272 g/mol. The third-order valence-corrected chi connectivity index (χ3v) is 4.71. The summed E-state index contributed by atoms with van der Waals surface area (Å²) in [6.07, 6.45) is 13.6. The van der Waals surface area contributed by atoms with Crippen molar-refractivity contribution in [2.24, 2.45) is 0 Å². The maximum Gasteiger partial charge on any atom is 0.0978 e. The normalized spacial score (nSPS) is 32.2. The minimum atomic E-state index is 0.0722. The van der Waals surface area contributed by atoms with E-state index in [-0.39, 0.29) is 12.7 Å². The number of aliphatic hydroxyl groups is 1. The number of hydrogen-bond acceptors (Lipinski definition) is 2. The van der Waals surface area contributed by atoms with Crippen LogP contribution in [0.4, 0.5) is 0 Å². The van der Waals surface area contributed by atoms with Gasteiger partial charge < -0.3 is 9.84 Å². The van der Waals surface area contributed by atoms with Crippen LogP contribution in [0, 0.1) is 0 Å².